The number of carbonyl (C=O) groups is 1. The van der Waals surface area contributed by atoms with Crippen LogP contribution in [0.1, 0.15) is 35.0 Å². The van der Waals surface area contributed by atoms with Crippen LogP contribution < -0.4 is 10.6 Å². The third-order valence-electron chi connectivity index (χ3n) is 3.15. The molecule has 2 rings (SSSR count). The zero-order valence-electron chi connectivity index (χ0n) is 12.5. The molecule has 0 atom stereocenters. The fourth-order valence-corrected chi connectivity index (χ4v) is 1.88. The van der Waals surface area contributed by atoms with E-state index < -0.39 is 0 Å². The van der Waals surface area contributed by atoms with E-state index in [9.17, 15) is 4.79 Å². The number of aromatic nitrogens is 1. The maximum atomic E-state index is 12.0. The van der Waals surface area contributed by atoms with Crippen LogP contribution in [-0.2, 0) is 6.54 Å². The molecule has 1 heterocycles. The van der Waals surface area contributed by atoms with E-state index in [0.29, 0.717) is 12.2 Å². The molecule has 4 heteroatoms. The van der Waals surface area contributed by atoms with Gasteiger partial charge in [0.15, 0.2) is 0 Å². The highest BCUT2D eigenvalue weighted by atomic mass is 16.1. The van der Waals surface area contributed by atoms with Crippen LogP contribution in [0.5, 0.6) is 0 Å². The normalized spacial score (nSPS) is 10.2. The Hall–Kier alpha value is -2.36. The maximum Gasteiger partial charge on any atom is 0.270 e. The summed E-state index contributed by atoms with van der Waals surface area (Å²) in [6.45, 7) is 5.56. The summed E-state index contributed by atoms with van der Waals surface area (Å²) in [5.41, 5.74) is 3.66. The lowest BCUT2D eigenvalue weighted by Gasteiger charge is -2.07. The van der Waals surface area contributed by atoms with Crippen LogP contribution in [0.4, 0.5) is 5.69 Å². The fourth-order valence-electron chi connectivity index (χ4n) is 1.88. The molecule has 0 bridgehead atoms. The molecule has 0 radical (unpaired) electrons. The van der Waals surface area contributed by atoms with Gasteiger partial charge in [-0.05, 0) is 31.0 Å². The van der Waals surface area contributed by atoms with E-state index in [0.717, 1.165) is 24.2 Å². The maximum absolute atomic E-state index is 12.0. The molecule has 0 aliphatic heterocycles. The molecule has 0 saturated heterocycles. The van der Waals surface area contributed by atoms with Gasteiger partial charge < -0.3 is 10.6 Å². The quantitative estimate of drug-likeness (QED) is 0.856. The first-order chi connectivity index (χ1) is 10.2. The van der Waals surface area contributed by atoms with Crippen molar-refractivity contribution >= 4 is 11.6 Å². The Morgan fingerprint density at radius 2 is 1.90 bits per heavy atom. The molecule has 4 nitrogen and oxygen atoms in total. The Morgan fingerprint density at radius 1 is 1.14 bits per heavy atom. The molecule has 1 aromatic carbocycles. The molecule has 0 fully saturated rings. The first kappa shape index (κ1) is 15.0. The monoisotopic (exact) mass is 283 g/mol. The summed E-state index contributed by atoms with van der Waals surface area (Å²) in [4.78, 5) is 16.2. The summed E-state index contributed by atoms with van der Waals surface area (Å²) in [6.07, 6.45) is 2.75. The Kier molecular flexibility index (Phi) is 5.32. The summed E-state index contributed by atoms with van der Waals surface area (Å²) in [5.74, 6) is -0.155. The van der Waals surface area contributed by atoms with E-state index in [-0.39, 0.29) is 5.91 Å². The minimum atomic E-state index is -0.155. The average molecular weight is 283 g/mol. The first-order valence-corrected chi connectivity index (χ1v) is 7.22. The van der Waals surface area contributed by atoms with Crippen molar-refractivity contribution in [3.63, 3.8) is 0 Å². The van der Waals surface area contributed by atoms with Crippen LogP contribution in [0.25, 0.3) is 0 Å². The van der Waals surface area contributed by atoms with E-state index in [1.165, 1.54) is 5.56 Å². The van der Waals surface area contributed by atoms with E-state index >= 15 is 0 Å². The van der Waals surface area contributed by atoms with E-state index in [4.69, 9.17) is 0 Å². The summed E-state index contributed by atoms with van der Waals surface area (Å²) in [5, 5.41) is 6.10. The number of anilines is 1. The second kappa shape index (κ2) is 7.43. The molecule has 2 aromatic rings. The van der Waals surface area contributed by atoms with Crippen molar-refractivity contribution < 1.29 is 4.79 Å². The molecule has 0 spiro atoms. The van der Waals surface area contributed by atoms with Crippen LogP contribution in [0.2, 0.25) is 0 Å². The second-order valence-electron chi connectivity index (χ2n) is 5.03. The molecule has 0 unspecified atom stereocenters. The Balaban J connectivity index is 1.89. The van der Waals surface area contributed by atoms with Gasteiger partial charge in [-0.2, -0.15) is 0 Å². The molecule has 0 aliphatic rings. The van der Waals surface area contributed by atoms with Gasteiger partial charge in [-0.1, -0.05) is 36.8 Å². The van der Waals surface area contributed by atoms with Gasteiger partial charge in [-0.3, -0.25) is 4.79 Å². The van der Waals surface area contributed by atoms with Crippen molar-refractivity contribution in [2.45, 2.75) is 26.8 Å². The summed E-state index contributed by atoms with van der Waals surface area (Å²) < 4.78 is 0. The number of nitrogens with one attached hydrogen (secondary N) is 2. The van der Waals surface area contributed by atoms with Gasteiger partial charge in [0.2, 0.25) is 0 Å². The van der Waals surface area contributed by atoms with Crippen LogP contribution in [0.3, 0.4) is 0 Å². The average Bonchev–Trinajstić information content (AvgIpc) is 2.52. The molecule has 1 aromatic heterocycles. The predicted octanol–water partition coefficient (Wildman–Crippen LogP) is 3.14. The fraction of sp³-hybridized carbons (Fsp3) is 0.294. The number of nitrogens with zero attached hydrogens (tertiary/aromatic N) is 1. The zero-order chi connectivity index (χ0) is 15.1. The lowest BCUT2D eigenvalue weighted by molar-refractivity contribution is 0.0946. The van der Waals surface area contributed by atoms with Gasteiger partial charge in [-0.15, -0.1) is 0 Å². The minimum absolute atomic E-state index is 0.155. The van der Waals surface area contributed by atoms with Crippen LogP contribution in [0, 0.1) is 6.92 Å². The van der Waals surface area contributed by atoms with Gasteiger partial charge in [0.05, 0.1) is 11.9 Å². The highest BCUT2D eigenvalue weighted by Gasteiger charge is 2.06. The van der Waals surface area contributed by atoms with Gasteiger partial charge >= 0.3 is 0 Å². The topological polar surface area (TPSA) is 54.0 Å². The Morgan fingerprint density at radius 3 is 2.52 bits per heavy atom. The largest absolute Gasteiger partial charge is 0.384 e. The van der Waals surface area contributed by atoms with Crippen molar-refractivity contribution in [2.75, 3.05) is 11.9 Å². The Bertz CT molecular complexity index is 576. The van der Waals surface area contributed by atoms with Gasteiger partial charge in [-0.25, -0.2) is 4.98 Å². The number of hydrogen-bond donors (Lipinski definition) is 2. The Labute approximate surface area is 125 Å². The number of carbonyl (C=O) groups excluding carboxylic acids is 1. The minimum Gasteiger partial charge on any atom is -0.384 e. The van der Waals surface area contributed by atoms with Crippen molar-refractivity contribution in [3.8, 4) is 0 Å². The molecule has 0 aliphatic carbocycles. The van der Waals surface area contributed by atoms with Gasteiger partial charge in [0.1, 0.15) is 5.69 Å². The zero-order valence-corrected chi connectivity index (χ0v) is 12.5. The van der Waals surface area contributed by atoms with Gasteiger partial charge in [0, 0.05) is 13.1 Å². The molecule has 21 heavy (non-hydrogen) atoms. The second-order valence-corrected chi connectivity index (χ2v) is 5.03. The lowest BCUT2D eigenvalue weighted by Crippen LogP contribution is -2.23. The SMILES string of the molecule is CCCNc1ccc(C(=O)NCc2ccc(C)cc2)nc1. The van der Waals surface area contributed by atoms with E-state index in [1.54, 1.807) is 12.3 Å². The number of aryl methyl sites for hydroxylation is 1. The predicted molar refractivity (Wildman–Crippen MR) is 85.4 cm³/mol. The molecule has 0 saturated carbocycles. The van der Waals surface area contributed by atoms with Crippen LogP contribution >= 0.6 is 0 Å². The third-order valence-corrected chi connectivity index (χ3v) is 3.15. The molecular weight excluding hydrogens is 262 g/mol. The van der Waals surface area contributed by atoms with E-state index in [1.807, 2.05) is 37.3 Å². The van der Waals surface area contributed by atoms with Crippen molar-refractivity contribution in [1.82, 2.24) is 10.3 Å². The first-order valence-electron chi connectivity index (χ1n) is 7.22. The van der Waals surface area contributed by atoms with Crippen molar-refractivity contribution in [3.05, 3.63) is 59.4 Å². The number of pyridine rings is 1. The number of rotatable bonds is 6. The van der Waals surface area contributed by atoms with Crippen molar-refractivity contribution in [2.24, 2.45) is 0 Å². The number of amides is 1. The number of hydrogen-bond acceptors (Lipinski definition) is 3. The van der Waals surface area contributed by atoms with Crippen LogP contribution in [0.15, 0.2) is 42.6 Å². The molecule has 2 N–H and O–H groups in total. The molecule has 110 valence electrons. The van der Waals surface area contributed by atoms with Crippen LogP contribution in [-0.4, -0.2) is 17.4 Å². The summed E-state index contributed by atoms with van der Waals surface area (Å²) >= 11 is 0. The standard InChI is InChI=1S/C17H21N3O/c1-3-10-18-15-8-9-16(19-12-15)17(21)20-11-14-6-4-13(2)5-7-14/h4-9,12,18H,3,10-11H2,1-2H3,(H,20,21). The lowest BCUT2D eigenvalue weighted by atomic mass is 10.1. The number of benzene rings is 1. The summed E-state index contributed by atoms with van der Waals surface area (Å²) in [6, 6.07) is 11.7. The van der Waals surface area contributed by atoms with Gasteiger partial charge in [0.25, 0.3) is 5.91 Å². The molecular formula is C17H21N3O. The molecule has 1 amide bonds. The highest BCUT2D eigenvalue weighted by molar-refractivity contribution is 5.92. The highest BCUT2D eigenvalue weighted by Crippen LogP contribution is 2.07. The van der Waals surface area contributed by atoms with E-state index in [2.05, 4.69) is 22.5 Å². The summed E-state index contributed by atoms with van der Waals surface area (Å²) in [7, 11) is 0. The smallest absolute Gasteiger partial charge is 0.270 e. The third kappa shape index (κ3) is 4.60. The van der Waals surface area contributed by atoms with Crippen molar-refractivity contribution in [1.29, 1.82) is 0 Å².